The molecular weight excluding hydrogens is 232 g/mol. The lowest BCUT2D eigenvalue weighted by molar-refractivity contribution is -0.119. The van der Waals surface area contributed by atoms with Gasteiger partial charge < -0.3 is 15.8 Å². The highest BCUT2D eigenvalue weighted by Crippen LogP contribution is 2.13. The Hall–Kier alpha value is -2.50. The van der Waals surface area contributed by atoms with Gasteiger partial charge in [-0.1, -0.05) is 12.1 Å². The summed E-state index contributed by atoms with van der Waals surface area (Å²) in [6.45, 7) is 0.586. The Labute approximate surface area is 104 Å². The number of benzene rings is 1. The van der Waals surface area contributed by atoms with E-state index in [0.717, 1.165) is 11.3 Å². The molecule has 0 atom stereocenters. The first-order valence-electron chi connectivity index (χ1n) is 5.47. The van der Waals surface area contributed by atoms with Gasteiger partial charge in [0, 0.05) is 12.7 Å². The molecule has 4 N–H and O–H groups in total. The van der Waals surface area contributed by atoms with Gasteiger partial charge in [-0.15, -0.1) is 0 Å². The van der Waals surface area contributed by atoms with Gasteiger partial charge in [-0.3, -0.25) is 9.89 Å². The molecule has 0 unspecified atom stereocenters. The first-order valence-corrected chi connectivity index (χ1v) is 5.47. The highest BCUT2D eigenvalue weighted by Gasteiger charge is 1.99. The molecule has 0 spiro atoms. The SMILES string of the molecule is NC(=O)COc1ccc(CNc2cn[nH]c2)cc1. The van der Waals surface area contributed by atoms with Gasteiger partial charge in [-0.05, 0) is 17.7 Å². The summed E-state index contributed by atoms with van der Waals surface area (Å²) in [5, 5.41) is 9.77. The van der Waals surface area contributed by atoms with Gasteiger partial charge >= 0.3 is 0 Å². The molecule has 0 saturated carbocycles. The molecule has 0 aliphatic carbocycles. The van der Waals surface area contributed by atoms with Crippen LogP contribution in [0.15, 0.2) is 36.7 Å². The number of rotatable bonds is 6. The van der Waals surface area contributed by atoms with Crippen LogP contribution in [-0.4, -0.2) is 22.7 Å². The van der Waals surface area contributed by atoms with Crippen molar-refractivity contribution in [1.29, 1.82) is 0 Å². The van der Waals surface area contributed by atoms with Crippen molar-refractivity contribution < 1.29 is 9.53 Å². The third-order valence-corrected chi connectivity index (χ3v) is 2.30. The van der Waals surface area contributed by atoms with Crippen molar-refractivity contribution in [3.8, 4) is 5.75 Å². The maximum Gasteiger partial charge on any atom is 0.255 e. The molecule has 1 heterocycles. The number of hydrogen-bond donors (Lipinski definition) is 3. The van der Waals surface area contributed by atoms with E-state index in [1.54, 1.807) is 24.5 Å². The lowest BCUT2D eigenvalue weighted by Gasteiger charge is -2.06. The Bertz CT molecular complexity index is 493. The maximum atomic E-state index is 10.6. The second kappa shape index (κ2) is 5.72. The first-order chi connectivity index (χ1) is 8.74. The van der Waals surface area contributed by atoms with Crippen molar-refractivity contribution in [2.24, 2.45) is 5.73 Å². The third kappa shape index (κ3) is 3.51. The summed E-state index contributed by atoms with van der Waals surface area (Å²) in [5.74, 6) is 0.140. The van der Waals surface area contributed by atoms with Crippen LogP contribution in [0.3, 0.4) is 0 Å². The number of carbonyl (C=O) groups is 1. The van der Waals surface area contributed by atoms with E-state index in [1.165, 1.54) is 0 Å². The van der Waals surface area contributed by atoms with E-state index in [-0.39, 0.29) is 6.61 Å². The van der Waals surface area contributed by atoms with Crippen molar-refractivity contribution in [1.82, 2.24) is 10.2 Å². The molecule has 1 aromatic carbocycles. The number of aromatic amines is 1. The number of carbonyl (C=O) groups excluding carboxylic acids is 1. The average Bonchev–Trinajstić information content (AvgIpc) is 2.88. The van der Waals surface area contributed by atoms with Crippen LogP contribution in [0.2, 0.25) is 0 Å². The predicted octanol–water partition coefficient (Wildman–Crippen LogP) is 0.886. The summed E-state index contributed by atoms with van der Waals surface area (Å²) >= 11 is 0. The molecule has 0 radical (unpaired) electrons. The van der Waals surface area contributed by atoms with Crippen molar-refractivity contribution >= 4 is 11.6 Å². The van der Waals surface area contributed by atoms with Crippen LogP contribution in [0.4, 0.5) is 5.69 Å². The van der Waals surface area contributed by atoms with E-state index >= 15 is 0 Å². The number of nitrogens with two attached hydrogens (primary N) is 1. The highest BCUT2D eigenvalue weighted by atomic mass is 16.5. The number of nitrogens with zero attached hydrogens (tertiary/aromatic N) is 1. The van der Waals surface area contributed by atoms with E-state index < -0.39 is 5.91 Å². The van der Waals surface area contributed by atoms with Crippen LogP contribution in [-0.2, 0) is 11.3 Å². The summed E-state index contributed by atoms with van der Waals surface area (Å²) in [7, 11) is 0. The van der Waals surface area contributed by atoms with Crippen LogP contribution in [0.1, 0.15) is 5.56 Å². The van der Waals surface area contributed by atoms with Gasteiger partial charge in [0.05, 0.1) is 11.9 Å². The smallest absolute Gasteiger partial charge is 0.255 e. The minimum absolute atomic E-state index is 0.105. The zero-order valence-electron chi connectivity index (χ0n) is 9.72. The van der Waals surface area contributed by atoms with Crippen LogP contribution < -0.4 is 15.8 Å². The molecule has 94 valence electrons. The Balaban J connectivity index is 1.85. The van der Waals surface area contributed by atoms with Gasteiger partial charge in [0.15, 0.2) is 6.61 Å². The first kappa shape index (κ1) is 12.0. The van der Waals surface area contributed by atoms with Gasteiger partial charge in [-0.2, -0.15) is 5.10 Å². The molecule has 0 aliphatic heterocycles. The fourth-order valence-electron chi connectivity index (χ4n) is 1.41. The summed E-state index contributed by atoms with van der Waals surface area (Å²) in [4.78, 5) is 10.6. The molecule has 1 aromatic heterocycles. The highest BCUT2D eigenvalue weighted by molar-refractivity contribution is 5.75. The monoisotopic (exact) mass is 246 g/mol. The molecule has 0 saturated heterocycles. The maximum absolute atomic E-state index is 10.6. The number of H-pyrrole nitrogens is 1. The van der Waals surface area contributed by atoms with Crippen LogP contribution in [0.5, 0.6) is 5.75 Å². The van der Waals surface area contributed by atoms with E-state index in [0.29, 0.717) is 12.3 Å². The van der Waals surface area contributed by atoms with E-state index in [2.05, 4.69) is 15.5 Å². The number of primary amides is 1. The number of ether oxygens (including phenoxy) is 1. The van der Waals surface area contributed by atoms with Crippen molar-refractivity contribution in [2.45, 2.75) is 6.54 Å². The van der Waals surface area contributed by atoms with Crippen molar-refractivity contribution in [3.63, 3.8) is 0 Å². The molecule has 0 aliphatic rings. The Kier molecular flexibility index (Phi) is 3.80. The number of anilines is 1. The lowest BCUT2D eigenvalue weighted by Crippen LogP contribution is -2.19. The topological polar surface area (TPSA) is 93.0 Å². The summed E-state index contributed by atoms with van der Waals surface area (Å²) in [6.07, 6.45) is 3.49. The molecule has 2 aromatic rings. The van der Waals surface area contributed by atoms with Gasteiger partial charge in [0.25, 0.3) is 5.91 Å². The number of hydrogen-bond acceptors (Lipinski definition) is 4. The van der Waals surface area contributed by atoms with E-state index in [4.69, 9.17) is 10.5 Å². The molecule has 1 amide bonds. The summed E-state index contributed by atoms with van der Waals surface area (Å²) < 4.78 is 5.16. The lowest BCUT2D eigenvalue weighted by atomic mass is 10.2. The van der Waals surface area contributed by atoms with Crippen LogP contribution in [0.25, 0.3) is 0 Å². The summed E-state index contributed by atoms with van der Waals surface area (Å²) in [6, 6.07) is 7.44. The number of amides is 1. The van der Waals surface area contributed by atoms with Crippen molar-refractivity contribution in [2.75, 3.05) is 11.9 Å². The molecule has 18 heavy (non-hydrogen) atoms. The number of nitrogens with one attached hydrogen (secondary N) is 2. The van der Waals surface area contributed by atoms with E-state index in [1.807, 2.05) is 12.1 Å². The van der Waals surface area contributed by atoms with E-state index in [9.17, 15) is 4.79 Å². The normalized spacial score (nSPS) is 10.0. The van der Waals surface area contributed by atoms with Crippen LogP contribution in [0, 0.1) is 0 Å². The minimum atomic E-state index is -0.485. The second-order valence-electron chi connectivity index (χ2n) is 3.74. The Morgan fingerprint density at radius 2 is 2.17 bits per heavy atom. The van der Waals surface area contributed by atoms with Crippen LogP contribution >= 0.6 is 0 Å². The Morgan fingerprint density at radius 3 is 2.78 bits per heavy atom. The minimum Gasteiger partial charge on any atom is -0.484 e. The zero-order valence-corrected chi connectivity index (χ0v) is 9.72. The van der Waals surface area contributed by atoms with Gasteiger partial charge in [-0.25, -0.2) is 0 Å². The molecular formula is C12H14N4O2. The van der Waals surface area contributed by atoms with Gasteiger partial charge in [0.2, 0.25) is 0 Å². The second-order valence-corrected chi connectivity index (χ2v) is 3.74. The Morgan fingerprint density at radius 1 is 1.39 bits per heavy atom. The molecule has 0 bridgehead atoms. The third-order valence-electron chi connectivity index (χ3n) is 2.30. The molecule has 0 fully saturated rings. The van der Waals surface area contributed by atoms with Gasteiger partial charge in [0.1, 0.15) is 5.75 Å². The molecule has 6 nitrogen and oxygen atoms in total. The van der Waals surface area contributed by atoms with Crippen molar-refractivity contribution in [3.05, 3.63) is 42.2 Å². The average molecular weight is 246 g/mol. The molecule has 2 rings (SSSR count). The standard InChI is InChI=1S/C12H14N4O2/c13-12(17)8-18-11-3-1-9(2-4-11)5-14-10-6-15-16-7-10/h1-4,6-7,14H,5,8H2,(H2,13,17)(H,15,16). The zero-order chi connectivity index (χ0) is 12.8. The predicted molar refractivity (Wildman–Crippen MR) is 67.0 cm³/mol. The fourth-order valence-corrected chi connectivity index (χ4v) is 1.41. The molecule has 6 heteroatoms. The largest absolute Gasteiger partial charge is 0.484 e. The fraction of sp³-hybridized carbons (Fsp3) is 0.167. The number of aromatic nitrogens is 2. The summed E-state index contributed by atoms with van der Waals surface area (Å²) in [5.41, 5.74) is 7.02. The quantitative estimate of drug-likeness (QED) is 0.705.